The fourth-order valence-corrected chi connectivity index (χ4v) is 9.00. The summed E-state index contributed by atoms with van der Waals surface area (Å²) in [7, 11) is 0. The summed E-state index contributed by atoms with van der Waals surface area (Å²) in [4.78, 5) is 0. The zero-order valence-electron chi connectivity index (χ0n) is 15.8. The van der Waals surface area contributed by atoms with Crippen molar-refractivity contribution in [2.24, 2.45) is 0 Å². The molecule has 2 aliphatic rings. The van der Waals surface area contributed by atoms with Gasteiger partial charge >= 0.3 is 151 Å². The molecule has 0 spiro atoms. The molecule has 0 saturated carbocycles. The van der Waals surface area contributed by atoms with E-state index in [4.69, 9.17) is 0 Å². The van der Waals surface area contributed by atoms with Gasteiger partial charge in [0.25, 0.3) is 0 Å². The summed E-state index contributed by atoms with van der Waals surface area (Å²) in [5, 5.41) is 0. The molecule has 0 heterocycles. The standard InChI is InChI=1S/C15H13.C5H5.C3H6.2ClH.Ti/c1-10-3-5-14-12(7-10)9-13-8-11(2)4-6-15(13)14;1-2-4-5-3-1;1-3-2;;;/h3-7H,9H2,1-2H3;1-3H,4H2;1-2H3;2*1H;/q;;;;;+2/p-2. The van der Waals surface area contributed by atoms with Gasteiger partial charge in [-0.25, -0.2) is 0 Å². The van der Waals surface area contributed by atoms with Crippen LogP contribution in [0.15, 0.2) is 52.4 Å². The minimum Gasteiger partial charge on any atom is -1.00 e. The zero-order chi connectivity index (χ0) is 16.8. The molecule has 134 valence electrons. The molecule has 0 N–H and O–H groups in total. The van der Waals surface area contributed by atoms with E-state index in [0.717, 1.165) is 12.8 Å². The average molecular weight is 419 g/mol. The van der Waals surface area contributed by atoms with Crippen molar-refractivity contribution < 1.29 is 42.2 Å². The summed E-state index contributed by atoms with van der Waals surface area (Å²) in [5.74, 6) is 0. The van der Waals surface area contributed by atoms with Gasteiger partial charge in [0.2, 0.25) is 0 Å². The summed E-state index contributed by atoms with van der Waals surface area (Å²) in [6.45, 7) is 9.25. The number of hydrogen-bond acceptors (Lipinski definition) is 0. The zero-order valence-corrected chi connectivity index (χ0v) is 18.9. The van der Waals surface area contributed by atoms with Crippen molar-refractivity contribution in [2.45, 2.75) is 40.5 Å². The summed E-state index contributed by atoms with van der Waals surface area (Å²) >= 11 is -1.57. The van der Waals surface area contributed by atoms with Gasteiger partial charge in [-0.2, -0.15) is 0 Å². The second-order valence-electron chi connectivity index (χ2n) is 7.32. The topological polar surface area (TPSA) is 0 Å². The van der Waals surface area contributed by atoms with Gasteiger partial charge in [-0.1, -0.05) is 0 Å². The molecule has 0 aliphatic heterocycles. The maximum atomic E-state index is 2.40. The Labute approximate surface area is 175 Å². The largest absolute Gasteiger partial charge is 1.00 e. The fraction of sp³-hybridized carbons (Fsp3) is 0.261. The van der Waals surface area contributed by atoms with Crippen molar-refractivity contribution in [3.05, 3.63) is 74.7 Å². The van der Waals surface area contributed by atoms with Crippen LogP contribution < -0.4 is 28.7 Å². The van der Waals surface area contributed by atoms with Gasteiger partial charge in [0, 0.05) is 0 Å². The molecule has 0 radical (unpaired) electrons. The number of hydrogen-bond donors (Lipinski definition) is 0. The molecule has 0 fully saturated rings. The van der Waals surface area contributed by atoms with Crippen LogP contribution in [0.2, 0.25) is 0 Å². The number of aryl methyl sites for hydroxylation is 2. The number of halogens is 2. The Kier molecular flexibility index (Phi) is 6.91. The van der Waals surface area contributed by atoms with E-state index in [9.17, 15) is 0 Å². The fourth-order valence-electron chi connectivity index (χ4n) is 4.24. The molecule has 0 nitrogen and oxygen atoms in total. The van der Waals surface area contributed by atoms with Crippen molar-refractivity contribution in [1.29, 1.82) is 0 Å². The van der Waals surface area contributed by atoms with Crippen LogP contribution in [0.1, 0.15) is 42.5 Å². The van der Waals surface area contributed by atoms with Crippen LogP contribution in [0.25, 0.3) is 11.1 Å². The molecule has 26 heavy (non-hydrogen) atoms. The minimum absolute atomic E-state index is 0. The van der Waals surface area contributed by atoms with E-state index in [0.29, 0.717) is 0 Å². The Morgan fingerprint density at radius 2 is 1.69 bits per heavy atom. The first-order valence-electron chi connectivity index (χ1n) is 8.82. The summed E-state index contributed by atoms with van der Waals surface area (Å²) in [6, 6.07) is 11.7. The van der Waals surface area contributed by atoms with E-state index in [1.807, 2.05) is 0 Å². The Balaban J connectivity index is 0.00000121. The van der Waals surface area contributed by atoms with Gasteiger partial charge in [-0.05, 0) is 0 Å². The van der Waals surface area contributed by atoms with E-state index in [1.165, 1.54) is 27.8 Å². The smallest absolute Gasteiger partial charge is 1.00 e. The molecule has 0 aromatic heterocycles. The van der Waals surface area contributed by atoms with Crippen LogP contribution in [0.3, 0.4) is 0 Å². The molecule has 0 amide bonds. The van der Waals surface area contributed by atoms with Crippen molar-refractivity contribution >= 4 is 7.68 Å². The normalized spacial score (nSPS) is 13.0. The second kappa shape index (κ2) is 8.40. The Morgan fingerprint density at radius 3 is 2.35 bits per heavy atom. The predicted octanol–water partition coefficient (Wildman–Crippen LogP) is -0.818. The number of allylic oxidation sites excluding steroid dienone is 4. The van der Waals surface area contributed by atoms with E-state index >= 15 is 0 Å². The van der Waals surface area contributed by atoms with Crippen LogP contribution in [0.4, 0.5) is 0 Å². The molecule has 3 heteroatoms. The van der Waals surface area contributed by atoms with Gasteiger partial charge in [0.1, 0.15) is 0 Å². The molecule has 0 saturated heterocycles. The van der Waals surface area contributed by atoms with E-state index < -0.39 is 17.4 Å². The number of fused-ring (bicyclic) bond motifs is 3. The van der Waals surface area contributed by atoms with Crippen LogP contribution >= 0.6 is 0 Å². The van der Waals surface area contributed by atoms with Gasteiger partial charge in [-0.3, -0.25) is 0 Å². The predicted molar refractivity (Wildman–Crippen MR) is 102 cm³/mol. The van der Waals surface area contributed by atoms with Crippen molar-refractivity contribution in [1.82, 2.24) is 0 Å². The molecule has 2 aromatic rings. The van der Waals surface area contributed by atoms with Crippen LogP contribution in [-0.4, -0.2) is 3.81 Å². The second-order valence-corrected chi connectivity index (χ2v) is 11.8. The Bertz CT molecular complexity index is 945. The first-order chi connectivity index (χ1) is 11.6. The number of rotatable bonds is 2. The molecule has 0 bridgehead atoms. The SMILES string of the molecule is C[C](C)=[Ti+2]([C]1=CC=CC1)[c]1c(C)ccc2c1Cc1cc(C)ccc1-2.[Cl-].[Cl-]. The van der Waals surface area contributed by atoms with Crippen LogP contribution in [0.5, 0.6) is 0 Å². The number of benzene rings is 2. The summed E-state index contributed by atoms with van der Waals surface area (Å²) in [5.41, 5.74) is 8.96. The van der Waals surface area contributed by atoms with E-state index in [1.54, 1.807) is 17.1 Å². The summed E-state index contributed by atoms with van der Waals surface area (Å²) in [6.07, 6.45) is 9.25. The maximum absolute atomic E-state index is 2.40. The summed E-state index contributed by atoms with van der Waals surface area (Å²) < 4.78 is 5.09. The monoisotopic (exact) mass is 418 g/mol. The average Bonchev–Trinajstić information content (AvgIpc) is 3.16. The minimum atomic E-state index is -1.57. The first kappa shape index (κ1) is 21.4. The third-order valence-corrected chi connectivity index (χ3v) is 10.3. The molecular formula is C23H24Cl2Ti. The molecule has 0 atom stereocenters. The van der Waals surface area contributed by atoms with Gasteiger partial charge in [0.05, 0.1) is 0 Å². The Hall–Kier alpha value is -0.916. The maximum Gasteiger partial charge on any atom is -1.00 e. The van der Waals surface area contributed by atoms with E-state index in [-0.39, 0.29) is 24.8 Å². The van der Waals surface area contributed by atoms with Crippen LogP contribution in [0, 0.1) is 13.8 Å². The van der Waals surface area contributed by atoms with Crippen LogP contribution in [-0.2, 0) is 23.8 Å². The van der Waals surface area contributed by atoms with Gasteiger partial charge in [-0.15, -0.1) is 0 Å². The van der Waals surface area contributed by atoms with Gasteiger partial charge < -0.3 is 24.8 Å². The van der Waals surface area contributed by atoms with E-state index in [2.05, 4.69) is 76.3 Å². The van der Waals surface area contributed by atoms with Gasteiger partial charge in [0.15, 0.2) is 0 Å². The molecule has 4 rings (SSSR count). The third kappa shape index (κ3) is 3.58. The first-order valence-corrected chi connectivity index (χ1v) is 11.2. The molecule has 2 aliphatic carbocycles. The molecule has 2 aromatic carbocycles. The van der Waals surface area contributed by atoms with Crippen molar-refractivity contribution in [3.8, 4) is 11.1 Å². The Morgan fingerprint density at radius 1 is 0.962 bits per heavy atom. The van der Waals surface area contributed by atoms with Crippen molar-refractivity contribution in [2.75, 3.05) is 0 Å². The molecular weight excluding hydrogens is 395 g/mol. The molecule has 0 unspecified atom stereocenters. The quantitative estimate of drug-likeness (QED) is 0.477. The van der Waals surface area contributed by atoms with Crippen molar-refractivity contribution in [3.63, 3.8) is 0 Å². The third-order valence-electron chi connectivity index (χ3n) is 5.28.